The molecule has 0 saturated heterocycles. The second kappa shape index (κ2) is 14.9. The molecule has 2 N–H and O–H groups in total. The molecule has 0 aliphatic rings. The van der Waals surface area contributed by atoms with E-state index < -0.39 is 0 Å². The zero-order valence-corrected chi connectivity index (χ0v) is 23.2. The van der Waals surface area contributed by atoms with Crippen LogP contribution in [0.2, 0.25) is 0 Å². The van der Waals surface area contributed by atoms with E-state index in [-0.39, 0.29) is 29.9 Å². The highest BCUT2D eigenvalue weighted by Crippen LogP contribution is 2.14. The minimum Gasteiger partial charge on any atom is -0.357 e. The molecule has 0 unspecified atom stereocenters. The third-order valence-corrected chi connectivity index (χ3v) is 5.46. The highest BCUT2D eigenvalue weighted by molar-refractivity contribution is 14.0. The maximum absolute atomic E-state index is 12.2. The summed E-state index contributed by atoms with van der Waals surface area (Å²) >= 11 is 0. The van der Waals surface area contributed by atoms with Crippen LogP contribution in [0.5, 0.6) is 0 Å². The first kappa shape index (κ1) is 28.9. The van der Waals surface area contributed by atoms with Crippen LogP contribution in [0.15, 0.2) is 53.5 Å². The van der Waals surface area contributed by atoms with Crippen molar-refractivity contribution in [3.05, 3.63) is 70.8 Å². The fraction of sp³-hybridized carbons (Fsp3) is 0.462. The van der Waals surface area contributed by atoms with E-state index in [0.717, 1.165) is 43.1 Å². The average Bonchev–Trinajstić information content (AvgIpc) is 2.77. The van der Waals surface area contributed by atoms with Crippen molar-refractivity contribution < 1.29 is 4.79 Å². The van der Waals surface area contributed by atoms with Crippen LogP contribution in [-0.2, 0) is 19.5 Å². The summed E-state index contributed by atoms with van der Waals surface area (Å²) in [6.07, 6.45) is 0.814. The highest BCUT2D eigenvalue weighted by Gasteiger charge is 2.09. The van der Waals surface area contributed by atoms with Gasteiger partial charge in [-0.2, -0.15) is 0 Å². The Morgan fingerprint density at radius 3 is 2.33 bits per heavy atom. The molecule has 0 aliphatic heterocycles. The van der Waals surface area contributed by atoms with E-state index >= 15 is 0 Å². The normalized spacial score (nSPS) is 11.3. The topological polar surface area (TPSA) is 60.0 Å². The van der Waals surface area contributed by atoms with Crippen LogP contribution in [0.1, 0.15) is 47.8 Å². The van der Waals surface area contributed by atoms with Crippen LogP contribution in [0.4, 0.5) is 0 Å². The lowest BCUT2D eigenvalue weighted by Gasteiger charge is -2.22. The molecule has 1 amide bonds. The molecule has 7 heteroatoms. The predicted molar refractivity (Wildman–Crippen MR) is 149 cm³/mol. The molecule has 0 aliphatic carbocycles. The molecule has 6 nitrogen and oxygen atoms in total. The van der Waals surface area contributed by atoms with Gasteiger partial charge in [-0.15, -0.1) is 24.0 Å². The van der Waals surface area contributed by atoms with Crippen LogP contribution in [0.3, 0.4) is 0 Å². The summed E-state index contributed by atoms with van der Waals surface area (Å²) in [5, 5.41) is 6.75. The number of carbonyl (C=O) groups excluding carboxylic acids is 1. The number of benzene rings is 2. The number of halogens is 1. The number of aliphatic imine (C=N–C) groups is 1. The lowest BCUT2D eigenvalue weighted by molar-refractivity contribution is 0.0827. The summed E-state index contributed by atoms with van der Waals surface area (Å²) < 4.78 is 0. The second-order valence-corrected chi connectivity index (χ2v) is 8.55. The Balaban J connectivity index is 0.00000544. The van der Waals surface area contributed by atoms with Crippen LogP contribution in [0, 0.1) is 0 Å². The van der Waals surface area contributed by atoms with Gasteiger partial charge in [0.05, 0.1) is 6.54 Å². The first-order chi connectivity index (χ1) is 15.3. The first-order valence-electron chi connectivity index (χ1n) is 11.4. The summed E-state index contributed by atoms with van der Waals surface area (Å²) in [5.74, 6) is 0.830. The molecule has 0 saturated carbocycles. The molecule has 2 aromatic carbocycles. The smallest absolute Gasteiger partial charge is 0.253 e. The number of nitrogens with one attached hydrogen (secondary N) is 2. The SMILES string of the molecule is CCNC(=NCc1ccccc1CN(C)C(C)C)NCCc1cccc(C(=O)N(C)C)c1.I. The number of rotatable bonds is 10. The van der Waals surface area contributed by atoms with Crippen molar-refractivity contribution in [1.29, 1.82) is 0 Å². The molecule has 182 valence electrons. The minimum absolute atomic E-state index is 0. The zero-order chi connectivity index (χ0) is 23.5. The minimum atomic E-state index is 0. The Bertz CT molecular complexity index is 898. The maximum atomic E-state index is 12.2. The van der Waals surface area contributed by atoms with E-state index in [1.165, 1.54) is 11.1 Å². The molecule has 0 fully saturated rings. The van der Waals surface area contributed by atoms with E-state index in [9.17, 15) is 4.79 Å². The van der Waals surface area contributed by atoms with Crippen molar-refractivity contribution in [3.63, 3.8) is 0 Å². The molecule has 0 radical (unpaired) electrons. The standard InChI is InChI=1S/C26H39N5O.HI/c1-7-27-26(28-16-15-21-11-10-14-22(17-21)25(32)30(4)5)29-18-23-12-8-9-13-24(23)19-31(6)20(2)3;/h8-14,17,20H,7,15-16,18-19H2,1-6H3,(H2,27,28,29);1H. The van der Waals surface area contributed by atoms with Gasteiger partial charge in [0.15, 0.2) is 5.96 Å². The lowest BCUT2D eigenvalue weighted by atomic mass is 10.1. The van der Waals surface area contributed by atoms with Crippen molar-refractivity contribution in [2.75, 3.05) is 34.2 Å². The molecule has 0 aromatic heterocycles. The Labute approximate surface area is 216 Å². The van der Waals surface area contributed by atoms with Gasteiger partial charge in [0, 0.05) is 45.3 Å². The maximum Gasteiger partial charge on any atom is 0.253 e. The van der Waals surface area contributed by atoms with Gasteiger partial charge in [-0.05, 0) is 63.1 Å². The second-order valence-electron chi connectivity index (χ2n) is 8.55. The molecule has 0 atom stereocenters. The molecule has 0 spiro atoms. The Morgan fingerprint density at radius 2 is 1.70 bits per heavy atom. The summed E-state index contributed by atoms with van der Waals surface area (Å²) in [7, 11) is 5.70. The number of nitrogens with zero attached hydrogens (tertiary/aromatic N) is 3. The third kappa shape index (κ3) is 9.71. The Morgan fingerprint density at radius 1 is 1.00 bits per heavy atom. The van der Waals surface area contributed by atoms with Crippen LogP contribution >= 0.6 is 24.0 Å². The van der Waals surface area contributed by atoms with Crippen molar-refractivity contribution in [2.24, 2.45) is 4.99 Å². The van der Waals surface area contributed by atoms with Gasteiger partial charge in [0.25, 0.3) is 5.91 Å². The fourth-order valence-electron chi connectivity index (χ4n) is 3.27. The van der Waals surface area contributed by atoms with Gasteiger partial charge >= 0.3 is 0 Å². The van der Waals surface area contributed by atoms with Crippen LogP contribution in [-0.4, -0.2) is 61.9 Å². The fourth-order valence-corrected chi connectivity index (χ4v) is 3.27. The number of guanidine groups is 1. The summed E-state index contributed by atoms with van der Waals surface area (Å²) in [5.41, 5.74) is 4.40. The van der Waals surface area contributed by atoms with Gasteiger partial charge in [0.2, 0.25) is 0 Å². The van der Waals surface area contributed by atoms with Gasteiger partial charge in [0.1, 0.15) is 0 Å². The van der Waals surface area contributed by atoms with E-state index in [1.807, 2.05) is 18.2 Å². The van der Waals surface area contributed by atoms with Gasteiger partial charge in [-0.25, -0.2) is 4.99 Å². The van der Waals surface area contributed by atoms with Crippen LogP contribution in [0.25, 0.3) is 0 Å². The largest absolute Gasteiger partial charge is 0.357 e. The van der Waals surface area contributed by atoms with Crippen molar-refractivity contribution in [2.45, 2.75) is 46.3 Å². The van der Waals surface area contributed by atoms with Gasteiger partial charge in [-0.1, -0.05) is 36.4 Å². The molecule has 33 heavy (non-hydrogen) atoms. The molecule has 0 heterocycles. The van der Waals surface area contributed by atoms with Gasteiger partial charge in [-0.3, -0.25) is 9.69 Å². The Kier molecular flexibility index (Phi) is 13.1. The lowest BCUT2D eigenvalue weighted by Crippen LogP contribution is -2.38. The number of hydrogen-bond donors (Lipinski definition) is 2. The van der Waals surface area contributed by atoms with Crippen LogP contribution < -0.4 is 10.6 Å². The highest BCUT2D eigenvalue weighted by atomic mass is 127. The Hall–Kier alpha value is -2.13. The van der Waals surface area contributed by atoms with E-state index in [0.29, 0.717) is 12.6 Å². The number of hydrogen-bond acceptors (Lipinski definition) is 3. The zero-order valence-electron chi connectivity index (χ0n) is 20.9. The first-order valence-corrected chi connectivity index (χ1v) is 11.4. The van der Waals surface area contributed by atoms with E-state index in [2.05, 4.69) is 73.7 Å². The molecule has 2 aromatic rings. The summed E-state index contributed by atoms with van der Waals surface area (Å²) in [6.45, 7) is 9.57. The molecule has 0 bridgehead atoms. The van der Waals surface area contributed by atoms with E-state index in [4.69, 9.17) is 4.99 Å². The monoisotopic (exact) mass is 565 g/mol. The van der Waals surface area contributed by atoms with E-state index in [1.54, 1.807) is 19.0 Å². The van der Waals surface area contributed by atoms with Crippen molar-refractivity contribution in [3.8, 4) is 0 Å². The average molecular weight is 566 g/mol. The third-order valence-electron chi connectivity index (χ3n) is 5.46. The molecular formula is C26H40IN5O. The van der Waals surface area contributed by atoms with Crippen molar-refractivity contribution in [1.82, 2.24) is 20.4 Å². The molecular weight excluding hydrogens is 525 g/mol. The summed E-state index contributed by atoms with van der Waals surface area (Å²) in [4.78, 5) is 20.9. The predicted octanol–water partition coefficient (Wildman–Crippen LogP) is 4.14. The number of amides is 1. The quantitative estimate of drug-likeness (QED) is 0.258. The van der Waals surface area contributed by atoms with Crippen molar-refractivity contribution >= 4 is 35.8 Å². The van der Waals surface area contributed by atoms with Gasteiger partial charge < -0.3 is 15.5 Å². The molecule has 2 rings (SSSR count). The summed E-state index contributed by atoms with van der Waals surface area (Å²) in [6, 6.07) is 16.8. The number of carbonyl (C=O) groups is 1.